The van der Waals surface area contributed by atoms with Gasteiger partial charge in [0.25, 0.3) is 0 Å². The lowest BCUT2D eigenvalue weighted by Crippen LogP contribution is -2.40. The molecule has 9 aromatic rings. The number of hydrogen-bond donors (Lipinski definition) is 1. The quantitative estimate of drug-likeness (QED) is 0.156. The van der Waals surface area contributed by atoms with Gasteiger partial charge in [-0.05, 0) is 106 Å². The van der Waals surface area contributed by atoms with Gasteiger partial charge in [-0.1, -0.05) is 127 Å². The summed E-state index contributed by atoms with van der Waals surface area (Å²) in [5.74, 6) is 1.42. The fourth-order valence-corrected chi connectivity index (χ4v) is 10.3. The van der Waals surface area contributed by atoms with Crippen molar-refractivity contribution in [3.63, 3.8) is 0 Å². The molecule has 0 radical (unpaired) electrons. The Balaban J connectivity index is 1.35. The van der Waals surface area contributed by atoms with Crippen molar-refractivity contribution in [2.75, 3.05) is 0 Å². The van der Waals surface area contributed by atoms with Crippen LogP contribution in [-0.2, 0) is 11.8 Å². The largest absolute Gasteiger partial charge is 0.507 e. The Labute approximate surface area is 348 Å². The first-order chi connectivity index (χ1) is 28.3. The van der Waals surface area contributed by atoms with Gasteiger partial charge >= 0.3 is 0 Å². The van der Waals surface area contributed by atoms with E-state index in [2.05, 4.69) is 191 Å². The third-order valence-corrected chi connectivity index (χ3v) is 13.7. The van der Waals surface area contributed by atoms with E-state index in [0.29, 0.717) is 17.3 Å². The molecule has 0 aliphatic heterocycles. The van der Waals surface area contributed by atoms with Crippen LogP contribution in [0.4, 0.5) is 0 Å². The number of fused-ring (bicyclic) bond motifs is 4. The Morgan fingerprint density at radius 1 is 0.627 bits per heavy atom. The highest BCUT2D eigenvalue weighted by Crippen LogP contribution is 2.41. The molecule has 6 heteroatoms. The van der Waals surface area contributed by atoms with Crippen molar-refractivity contribution in [2.24, 2.45) is 5.92 Å². The summed E-state index contributed by atoms with van der Waals surface area (Å²) in [5.41, 5.74) is 13.4. The van der Waals surface area contributed by atoms with Crippen LogP contribution in [0.25, 0.3) is 78.0 Å². The number of aromatic hydroxyl groups is 1. The summed E-state index contributed by atoms with van der Waals surface area (Å²) in [5, 5.41) is 15.4. The average Bonchev–Trinajstić information content (AvgIpc) is 3.76. The topological polar surface area (TPSA) is 55.9 Å². The SMILES string of the molecule is CC(C)Cc1cc(-c2cc(-c3cccc4c3nc(-c3cc(C(C)(C)C)ccc3O)n4-c3ccccc3)cc(-n3c4ccccc4c4ccccc43)c2)ncc1[Si](C)(C)C. The highest BCUT2D eigenvalue weighted by molar-refractivity contribution is 6.89. The molecule has 0 saturated heterocycles. The molecule has 3 aromatic heterocycles. The van der Waals surface area contributed by atoms with Gasteiger partial charge in [-0.2, -0.15) is 0 Å². The van der Waals surface area contributed by atoms with Gasteiger partial charge in [-0.25, -0.2) is 4.98 Å². The lowest BCUT2D eigenvalue weighted by molar-refractivity contribution is 0.475. The van der Waals surface area contributed by atoms with Crippen LogP contribution >= 0.6 is 0 Å². The summed E-state index contributed by atoms with van der Waals surface area (Å²) in [7, 11) is -1.65. The Morgan fingerprint density at radius 2 is 1.27 bits per heavy atom. The second-order valence-electron chi connectivity index (χ2n) is 18.5. The van der Waals surface area contributed by atoms with Crippen LogP contribution in [0.1, 0.15) is 45.7 Å². The van der Waals surface area contributed by atoms with Crippen molar-refractivity contribution >= 4 is 46.1 Å². The number of phenols is 1. The molecule has 0 fully saturated rings. The summed E-state index contributed by atoms with van der Waals surface area (Å²) in [6, 6.07) is 49.3. The molecular formula is C53H52N4OSi. The van der Waals surface area contributed by atoms with E-state index in [9.17, 15) is 5.11 Å². The van der Waals surface area contributed by atoms with Crippen molar-refractivity contribution in [2.45, 2.75) is 66.1 Å². The summed E-state index contributed by atoms with van der Waals surface area (Å²) in [6.07, 6.45) is 3.18. The fourth-order valence-electron chi connectivity index (χ4n) is 8.72. The lowest BCUT2D eigenvalue weighted by atomic mass is 9.86. The third kappa shape index (κ3) is 6.95. The number of rotatable bonds is 8. The molecule has 0 atom stereocenters. The molecule has 0 amide bonds. The zero-order valence-electron chi connectivity index (χ0n) is 35.4. The third-order valence-electron chi connectivity index (χ3n) is 11.6. The van der Waals surface area contributed by atoms with Crippen molar-refractivity contribution in [3.8, 4) is 50.9 Å². The minimum atomic E-state index is -1.65. The molecule has 0 spiro atoms. The number of imidazole rings is 1. The number of pyridine rings is 1. The van der Waals surface area contributed by atoms with Crippen LogP contribution in [0.3, 0.4) is 0 Å². The van der Waals surface area contributed by atoms with E-state index < -0.39 is 8.07 Å². The molecule has 5 nitrogen and oxygen atoms in total. The van der Waals surface area contributed by atoms with Gasteiger partial charge in [0.15, 0.2) is 0 Å². The molecule has 294 valence electrons. The number of nitrogens with zero attached hydrogens (tertiary/aromatic N) is 4. The number of benzene rings is 6. The van der Waals surface area contributed by atoms with Crippen molar-refractivity contribution < 1.29 is 5.11 Å². The minimum absolute atomic E-state index is 0.114. The maximum atomic E-state index is 11.5. The van der Waals surface area contributed by atoms with Crippen LogP contribution in [0, 0.1) is 5.92 Å². The first-order valence-corrected chi connectivity index (χ1v) is 24.3. The van der Waals surface area contributed by atoms with Crippen LogP contribution in [-0.4, -0.2) is 32.3 Å². The average molecular weight is 789 g/mol. The predicted molar refractivity (Wildman–Crippen MR) is 251 cm³/mol. The zero-order valence-corrected chi connectivity index (χ0v) is 36.4. The highest BCUT2D eigenvalue weighted by atomic mass is 28.3. The highest BCUT2D eigenvalue weighted by Gasteiger charge is 2.25. The molecule has 59 heavy (non-hydrogen) atoms. The first kappa shape index (κ1) is 38.3. The zero-order chi connectivity index (χ0) is 41.2. The van der Waals surface area contributed by atoms with Crippen LogP contribution in [0.15, 0.2) is 146 Å². The predicted octanol–water partition coefficient (Wildman–Crippen LogP) is 13.3. The lowest BCUT2D eigenvalue weighted by Gasteiger charge is -2.22. The molecule has 9 rings (SSSR count). The first-order valence-electron chi connectivity index (χ1n) is 20.8. The van der Waals surface area contributed by atoms with Gasteiger partial charge in [0.2, 0.25) is 0 Å². The van der Waals surface area contributed by atoms with Gasteiger partial charge < -0.3 is 9.67 Å². The molecular weight excluding hydrogens is 737 g/mol. The van der Waals surface area contributed by atoms with Crippen LogP contribution < -0.4 is 5.19 Å². The number of para-hydroxylation sites is 4. The standard InChI is InChI=1S/C53H52N4OSi/c1-34(2)27-37-31-45(54-33-50(37)59(6,7)8)36-28-35(29-40(30-36)56-46-22-14-12-19-42(46)43-20-13-15-23-47(43)56)41-21-16-24-48-51(41)55-52(57(48)39-17-10-9-11-18-39)44-32-38(53(3,4)5)25-26-49(44)58/h9-26,28-34,58H,27H2,1-8H3. The molecule has 0 aliphatic carbocycles. The van der Waals surface area contributed by atoms with E-state index in [-0.39, 0.29) is 11.2 Å². The van der Waals surface area contributed by atoms with Crippen LogP contribution in [0.2, 0.25) is 19.6 Å². The van der Waals surface area contributed by atoms with E-state index in [1.54, 1.807) is 6.07 Å². The van der Waals surface area contributed by atoms with E-state index in [0.717, 1.165) is 67.8 Å². The Bertz CT molecular complexity index is 2980. The molecule has 6 aromatic carbocycles. The maximum absolute atomic E-state index is 11.5. The van der Waals surface area contributed by atoms with Gasteiger partial charge in [-0.15, -0.1) is 0 Å². The second kappa shape index (κ2) is 14.5. The van der Waals surface area contributed by atoms with Gasteiger partial charge in [0, 0.05) is 39.5 Å². The summed E-state index contributed by atoms with van der Waals surface area (Å²) in [6.45, 7) is 18.4. The van der Waals surface area contributed by atoms with E-state index in [1.807, 2.05) is 12.1 Å². The summed E-state index contributed by atoms with van der Waals surface area (Å²) < 4.78 is 4.58. The fraction of sp³-hybridized carbons (Fsp3) is 0.208. The summed E-state index contributed by atoms with van der Waals surface area (Å²) in [4.78, 5) is 10.7. The maximum Gasteiger partial charge on any atom is 0.149 e. The Hall–Kier alpha value is -6.24. The molecule has 0 aliphatic rings. The molecule has 0 unspecified atom stereocenters. The number of aromatic nitrogens is 4. The van der Waals surface area contributed by atoms with E-state index >= 15 is 0 Å². The minimum Gasteiger partial charge on any atom is -0.507 e. The monoisotopic (exact) mass is 788 g/mol. The van der Waals surface area contributed by atoms with Crippen molar-refractivity contribution in [3.05, 3.63) is 157 Å². The van der Waals surface area contributed by atoms with Gasteiger partial charge in [-0.3, -0.25) is 9.55 Å². The molecule has 1 N–H and O–H groups in total. The Morgan fingerprint density at radius 3 is 1.93 bits per heavy atom. The number of phenolic OH excluding ortho intramolecular Hbond substituents is 1. The molecule has 0 saturated carbocycles. The Kier molecular flexibility index (Phi) is 9.44. The van der Waals surface area contributed by atoms with E-state index in [1.165, 1.54) is 21.5 Å². The number of hydrogen-bond acceptors (Lipinski definition) is 3. The van der Waals surface area contributed by atoms with E-state index in [4.69, 9.17) is 9.97 Å². The van der Waals surface area contributed by atoms with Crippen molar-refractivity contribution in [1.29, 1.82) is 0 Å². The summed E-state index contributed by atoms with van der Waals surface area (Å²) >= 11 is 0. The van der Waals surface area contributed by atoms with Crippen LogP contribution in [0.5, 0.6) is 5.75 Å². The molecule has 3 heterocycles. The van der Waals surface area contributed by atoms with Crippen molar-refractivity contribution in [1.82, 2.24) is 19.1 Å². The molecule has 0 bridgehead atoms. The van der Waals surface area contributed by atoms with Gasteiger partial charge in [0.1, 0.15) is 11.6 Å². The second-order valence-corrected chi connectivity index (χ2v) is 23.5. The smallest absolute Gasteiger partial charge is 0.149 e. The van der Waals surface area contributed by atoms with Gasteiger partial charge in [0.05, 0.1) is 41.4 Å². The normalized spacial score (nSPS) is 12.4.